The lowest BCUT2D eigenvalue weighted by molar-refractivity contribution is 0.0472. The minimum atomic E-state index is -0.588. The van der Waals surface area contributed by atoms with Gasteiger partial charge in [0.2, 0.25) is 0 Å². The third-order valence-electron chi connectivity index (χ3n) is 2.75. The van der Waals surface area contributed by atoms with E-state index in [2.05, 4.69) is 0 Å². The van der Waals surface area contributed by atoms with Crippen LogP contribution in [0.1, 0.15) is 36.7 Å². The summed E-state index contributed by atoms with van der Waals surface area (Å²) in [6.45, 7) is 5.54. The normalized spacial score (nSPS) is 11.0. The van der Waals surface area contributed by atoms with E-state index < -0.39 is 17.7 Å². The van der Waals surface area contributed by atoms with Gasteiger partial charge in [0.1, 0.15) is 12.2 Å². The van der Waals surface area contributed by atoms with E-state index in [1.165, 1.54) is 23.0 Å². The van der Waals surface area contributed by atoms with E-state index in [4.69, 9.17) is 9.47 Å². The summed E-state index contributed by atoms with van der Waals surface area (Å²) in [5.41, 5.74) is 0.624. The van der Waals surface area contributed by atoms with Crippen molar-refractivity contribution in [2.45, 2.75) is 33.0 Å². The minimum Gasteiger partial charge on any atom is -0.457 e. The first-order chi connectivity index (χ1) is 10.3. The molecule has 0 N–H and O–H groups in total. The molecule has 22 heavy (non-hydrogen) atoms. The Morgan fingerprint density at radius 3 is 2.41 bits per heavy atom. The van der Waals surface area contributed by atoms with Gasteiger partial charge in [-0.05, 0) is 32.4 Å². The number of carbonyl (C=O) groups is 2. The summed E-state index contributed by atoms with van der Waals surface area (Å²) in [5, 5.41) is 0. The van der Waals surface area contributed by atoms with Gasteiger partial charge in [0.05, 0.1) is 5.56 Å². The van der Waals surface area contributed by atoms with E-state index in [9.17, 15) is 9.59 Å². The molecule has 0 amide bonds. The summed E-state index contributed by atoms with van der Waals surface area (Å²) in [5.74, 6) is -0.480. The van der Waals surface area contributed by atoms with Crippen molar-refractivity contribution in [1.29, 1.82) is 0 Å². The largest absolute Gasteiger partial charge is 0.457 e. The summed E-state index contributed by atoms with van der Waals surface area (Å²) < 4.78 is 11.6. The van der Waals surface area contributed by atoms with Gasteiger partial charge in [0.15, 0.2) is 0 Å². The van der Waals surface area contributed by atoms with Crippen LogP contribution in [0.15, 0.2) is 48.8 Å². The number of ether oxygens (including phenoxy) is 2. The zero-order valence-corrected chi connectivity index (χ0v) is 12.9. The van der Waals surface area contributed by atoms with Crippen molar-refractivity contribution < 1.29 is 19.1 Å². The Hall–Kier alpha value is -2.56. The number of nitrogens with zero attached hydrogens (tertiary/aromatic N) is 1. The Bertz CT molecular complexity index is 653. The number of rotatable bonds is 3. The van der Waals surface area contributed by atoms with Crippen molar-refractivity contribution in [2.75, 3.05) is 0 Å². The highest BCUT2D eigenvalue weighted by Crippen LogP contribution is 2.11. The second kappa shape index (κ2) is 6.47. The van der Waals surface area contributed by atoms with Crippen LogP contribution >= 0.6 is 0 Å². The number of hydrogen-bond donors (Lipinski definition) is 0. The Labute approximate surface area is 129 Å². The SMILES string of the molecule is CC(C)(C)OC(=O)n1ccc(C(=O)OCc2ccccc2)c1. The van der Waals surface area contributed by atoms with Gasteiger partial charge in [-0.3, -0.25) is 4.57 Å². The molecule has 0 atom stereocenters. The molecule has 2 aromatic rings. The van der Waals surface area contributed by atoms with Gasteiger partial charge in [0, 0.05) is 12.4 Å². The number of benzene rings is 1. The Kier molecular flexibility index (Phi) is 4.65. The first-order valence-electron chi connectivity index (χ1n) is 6.97. The highest BCUT2D eigenvalue weighted by molar-refractivity contribution is 5.90. The monoisotopic (exact) mass is 301 g/mol. The first kappa shape index (κ1) is 15.8. The van der Waals surface area contributed by atoms with E-state index in [1.54, 1.807) is 20.8 Å². The average molecular weight is 301 g/mol. The van der Waals surface area contributed by atoms with Crippen molar-refractivity contribution in [2.24, 2.45) is 0 Å². The van der Waals surface area contributed by atoms with E-state index in [-0.39, 0.29) is 6.61 Å². The van der Waals surface area contributed by atoms with Gasteiger partial charge in [-0.15, -0.1) is 0 Å². The maximum atomic E-state index is 12.0. The van der Waals surface area contributed by atoms with Crippen LogP contribution in [-0.2, 0) is 16.1 Å². The number of aromatic nitrogens is 1. The molecule has 1 heterocycles. The molecule has 0 fully saturated rings. The molecule has 0 radical (unpaired) electrons. The lowest BCUT2D eigenvalue weighted by Crippen LogP contribution is -2.26. The molecule has 0 aliphatic heterocycles. The van der Waals surface area contributed by atoms with Crippen LogP contribution in [0.5, 0.6) is 0 Å². The second-order valence-corrected chi connectivity index (χ2v) is 5.85. The summed E-state index contributed by atoms with van der Waals surface area (Å²) in [7, 11) is 0. The van der Waals surface area contributed by atoms with Crippen LogP contribution < -0.4 is 0 Å². The topological polar surface area (TPSA) is 57.5 Å². The van der Waals surface area contributed by atoms with E-state index in [1.807, 2.05) is 30.3 Å². The minimum absolute atomic E-state index is 0.192. The van der Waals surface area contributed by atoms with Crippen molar-refractivity contribution in [3.8, 4) is 0 Å². The molecule has 0 bridgehead atoms. The number of carbonyl (C=O) groups excluding carboxylic acids is 2. The third-order valence-corrected chi connectivity index (χ3v) is 2.75. The molecule has 116 valence electrons. The van der Waals surface area contributed by atoms with Gasteiger partial charge in [0.25, 0.3) is 0 Å². The van der Waals surface area contributed by atoms with Crippen LogP contribution in [0.3, 0.4) is 0 Å². The van der Waals surface area contributed by atoms with E-state index in [0.717, 1.165) is 5.56 Å². The standard InChI is InChI=1S/C17H19NO4/c1-17(2,3)22-16(20)18-10-9-14(11-18)15(19)21-12-13-7-5-4-6-8-13/h4-11H,12H2,1-3H3. The molecular weight excluding hydrogens is 282 g/mol. The predicted octanol–water partition coefficient (Wildman–Crippen LogP) is 3.63. The van der Waals surface area contributed by atoms with Crippen molar-refractivity contribution in [3.05, 3.63) is 59.9 Å². The molecule has 0 spiro atoms. The molecule has 0 unspecified atom stereocenters. The van der Waals surface area contributed by atoms with E-state index >= 15 is 0 Å². The zero-order valence-electron chi connectivity index (χ0n) is 12.9. The maximum absolute atomic E-state index is 12.0. The van der Waals surface area contributed by atoms with Crippen LogP contribution in [0.25, 0.3) is 0 Å². The molecule has 0 aliphatic carbocycles. The fraction of sp³-hybridized carbons (Fsp3) is 0.294. The second-order valence-electron chi connectivity index (χ2n) is 5.85. The lowest BCUT2D eigenvalue weighted by Gasteiger charge is -2.19. The average Bonchev–Trinajstić information content (AvgIpc) is 2.94. The molecule has 0 saturated heterocycles. The molecule has 1 aromatic carbocycles. The van der Waals surface area contributed by atoms with Gasteiger partial charge in [-0.1, -0.05) is 30.3 Å². The predicted molar refractivity (Wildman–Crippen MR) is 81.6 cm³/mol. The Morgan fingerprint density at radius 1 is 1.09 bits per heavy atom. The molecule has 0 saturated carbocycles. The van der Waals surface area contributed by atoms with Crippen LogP contribution in [-0.4, -0.2) is 22.2 Å². The van der Waals surface area contributed by atoms with Crippen LogP contribution in [0, 0.1) is 0 Å². The van der Waals surface area contributed by atoms with Crippen molar-refractivity contribution in [3.63, 3.8) is 0 Å². The first-order valence-corrected chi connectivity index (χ1v) is 6.97. The number of hydrogen-bond acceptors (Lipinski definition) is 4. The quantitative estimate of drug-likeness (QED) is 0.812. The van der Waals surface area contributed by atoms with Gasteiger partial charge < -0.3 is 9.47 Å². The Balaban J connectivity index is 1.96. The molecular formula is C17H19NO4. The molecule has 1 aromatic heterocycles. The Morgan fingerprint density at radius 2 is 1.77 bits per heavy atom. The number of esters is 1. The van der Waals surface area contributed by atoms with Gasteiger partial charge >= 0.3 is 12.1 Å². The fourth-order valence-electron chi connectivity index (χ4n) is 1.75. The van der Waals surface area contributed by atoms with Crippen molar-refractivity contribution >= 4 is 12.1 Å². The smallest absolute Gasteiger partial charge is 0.418 e. The zero-order chi connectivity index (χ0) is 16.2. The van der Waals surface area contributed by atoms with Crippen molar-refractivity contribution in [1.82, 2.24) is 4.57 Å². The van der Waals surface area contributed by atoms with Gasteiger partial charge in [-0.2, -0.15) is 0 Å². The fourth-order valence-corrected chi connectivity index (χ4v) is 1.75. The molecule has 5 heteroatoms. The summed E-state index contributed by atoms with van der Waals surface area (Å²) in [4.78, 5) is 23.8. The maximum Gasteiger partial charge on any atom is 0.418 e. The lowest BCUT2D eigenvalue weighted by atomic mass is 10.2. The van der Waals surface area contributed by atoms with Crippen LogP contribution in [0.2, 0.25) is 0 Å². The summed E-state index contributed by atoms with van der Waals surface area (Å²) in [6.07, 6.45) is 2.35. The molecule has 5 nitrogen and oxygen atoms in total. The summed E-state index contributed by atoms with van der Waals surface area (Å²) >= 11 is 0. The summed E-state index contributed by atoms with van der Waals surface area (Å²) in [6, 6.07) is 10.9. The van der Waals surface area contributed by atoms with Gasteiger partial charge in [-0.25, -0.2) is 9.59 Å². The molecule has 2 rings (SSSR count). The van der Waals surface area contributed by atoms with Crippen LogP contribution in [0.4, 0.5) is 4.79 Å². The third kappa shape index (κ3) is 4.48. The van der Waals surface area contributed by atoms with E-state index in [0.29, 0.717) is 5.56 Å². The highest BCUT2D eigenvalue weighted by Gasteiger charge is 2.19. The molecule has 0 aliphatic rings. The highest BCUT2D eigenvalue weighted by atomic mass is 16.6.